The number of aryl methyl sites for hydroxylation is 1. The summed E-state index contributed by atoms with van der Waals surface area (Å²) in [5.41, 5.74) is 4.16. The number of hydrogen-bond acceptors (Lipinski definition) is 2. The van der Waals surface area contributed by atoms with E-state index >= 15 is 0 Å². The van der Waals surface area contributed by atoms with E-state index in [0.717, 1.165) is 11.1 Å². The number of fused-ring (bicyclic) bond motifs is 1. The molecule has 0 amide bonds. The predicted octanol–water partition coefficient (Wildman–Crippen LogP) is 5.91. The van der Waals surface area contributed by atoms with Crippen LogP contribution in [-0.2, 0) is 5.41 Å². The van der Waals surface area contributed by atoms with E-state index in [4.69, 9.17) is 0 Å². The van der Waals surface area contributed by atoms with E-state index < -0.39 is 5.41 Å². The Morgan fingerprint density at radius 1 is 0.630 bits per heavy atom. The molecular formula is C25H22O2. The van der Waals surface area contributed by atoms with Gasteiger partial charge in [0.1, 0.15) is 11.5 Å². The van der Waals surface area contributed by atoms with Crippen LogP contribution in [0.25, 0.3) is 10.8 Å². The summed E-state index contributed by atoms with van der Waals surface area (Å²) in [6.45, 7) is 4.32. The zero-order valence-electron chi connectivity index (χ0n) is 15.5. The van der Waals surface area contributed by atoms with Gasteiger partial charge in [-0.1, -0.05) is 54.6 Å². The summed E-state index contributed by atoms with van der Waals surface area (Å²) in [7, 11) is 0. The van der Waals surface area contributed by atoms with Gasteiger partial charge in [0.15, 0.2) is 0 Å². The van der Waals surface area contributed by atoms with Crippen molar-refractivity contribution >= 4 is 10.8 Å². The number of hydrogen-bond donors (Lipinski definition) is 2. The lowest BCUT2D eigenvalue weighted by molar-refractivity contribution is 0.474. The van der Waals surface area contributed by atoms with E-state index in [0.29, 0.717) is 0 Å². The van der Waals surface area contributed by atoms with Crippen molar-refractivity contribution in [2.24, 2.45) is 0 Å². The average molecular weight is 354 g/mol. The van der Waals surface area contributed by atoms with Gasteiger partial charge >= 0.3 is 0 Å². The molecule has 0 aromatic heterocycles. The van der Waals surface area contributed by atoms with Gasteiger partial charge in [-0.2, -0.15) is 0 Å². The van der Waals surface area contributed by atoms with Crippen LogP contribution in [-0.4, -0.2) is 10.2 Å². The molecule has 2 N–H and O–H groups in total. The summed E-state index contributed by atoms with van der Waals surface area (Å²) in [6, 6.07) is 27.7. The third-order valence-electron chi connectivity index (χ3n) is 5.57. The molecular weight excluding hydrogens is 332 g/mol. The van der Waals surface area contributed by atoms with Crippen LogP contribution >= 0.6 is 0 Å². The van der Waals surface area contributed by atoms with Crippen LogP contribution in [0.2, 0.25) is 0 Å². The molecule has 0 spiro atoms. The number of rotatable bonds is 3. The molecule has 4 aromatic rings. The molecule has 2 nitrogen and oxygen atoms in total. The maximum atomic E-state index is 9.74. The first-order chi connectivity index (χ1) is 13.0. The molecule has 0 aliphatic heterocycles. The highest BCUT2D eigenvalue weighted by molar-refractivity contribution is 5.86. The quantitative estimate of drug-likeness (QED) is 0.449. The largest absolute Gasteiger partial charge is 0.508 e. The average Bonchev–Trinajstić information content (AvgIpc) is 2.68. The molecule has 0 fully saturated rings. The number of phenolic OH excluding ortho intramolecular Hbond substituents is 2. The van der Waals surface area contributed by atoms with Gasteiger partial charge in [-0.05, 0) is 77.2 Å². The minimum Gasteiger partial charge on any atom is -0.508 e. The molecule has 0 aliphatic rings. The van der Waals surface area contributed by atoms with Crippen LogP contribution < -0.4 is 0 Å². The highest BCUT2D eigenvalue weighted by atomic mass is 16.3. The molecule has 27 heavy (non-hydrogen) atoms. The first kappa shape index (κ1) is 17.2. The number of aromatic hydroxyl groups is 2. The van der Waals surface area contributed by atoms with Crippen molar-refractivity contribution in [2.45, 2.75) is 19.3 Å². The maximum Gasteiger partial charge on any atom is 0.115 e. The lowest BCUT2D eigenvalue weighted by Gasteiger charge is -2.32. The van der Waals surface area contributed by atoms with Crippen LogP contribution in [0.5, 0.6) is 11.5 Å². The first-order valence-electron chi connectivity index (χ1n) is 9.07. The van der Waals surface area contributed by atoms with Crippen molar-refractivity contribution in [3.8, 4) is 11.5 Å². The van der Waals surface area contributed by atoms with Gasteiger partial charge in [0, 0.05) is 5.41 Å². The smallest absolute Gasteiger partial charge is 0.115 e. The Balaban J connectivity index is 1.99. The van der Waals surface area contributed by atoms with Crippen molar-refractivity contribution in [3.05, 3.63) is 107 Å². The highest BCUT2D eigenvalue weighted by Crippen LogP contribution is 2.41. The lowest BCUT2D eigenvalue weighted by atomic mass is 9.70. The van der Waals surface area contributed by atoms with E-state index in [1.165, 1.54) is 21.9 Å². The van der Waals surface area contributed by atoms with Crippen LogP contribution in [0.3, 0.4) is 0 Å². The van der Waals surface area contributed by atoms with Gasteiger partial charge in [0.05, 0.1) is 0 Å². The molecule has 0 unspecified atom stereocenters. The monoisotopic (exact) mass is 354 g/mol. The van der Waals surface area contributed by atoms with E-state index in [2.05, 4.69) is 50.2 Å². The minimum absolute atomic E-state index is 0.251. The highest BCUT2D eigenvalue weighted by Gasteiger charge is 2.31. The summed E-state index contributed by atoms with van der Waals surface area (Å²) in [5, 5.41) is 21.9. The van der Waals surface area contributed by atoms with Crippen LogP contribution in [0.15, 0.2) is 84.9 Å². The Morgan fingerprint density at radius 3 is 1.70 bits per heavy atom. The van der Waals surface area contributed by atoms with Crippen molar-refractivity contribution in [1.82, 2.24) is 0 Å². The summed E-state index contributed by atoms with van der Waals surface area (Å²) >= 11 is 0. The molecule has 0 saturated heterocycles. The minimum atomic E-state index is -0.419. The third kappa shape index (κ3) is 2.93. The molecule has 134 valence electrons. The van der Waals surface area contributed by atoms with Gasteiger partial charge in [-0.25, -0.2) is 0 Å². The maximum absolute atomic E-state index is 9.74. The standard InChI is InChI=1S/C25H22O2/c1-17-4-3-5-18-6-7-21(16-24(17)18)25(2,19-8-12-22(26)13-9-19)20-10-14-23(27)15-11-20/h3-16,26-27H,1-2H3. The summed E-state index contributed by atoms with van der Waals surface area (Å²) < 4.78 is 0. The fourth-order valence-corrected chi connectivity index (χ4v) is 3.83. The second-order valence-corrected chi connectivity index (χ2v) is 7.23. The Bertz CT molecular complexity index is 1050. The molecule has 2 heteroatoms. The summed E-state index contributed by atoms with van der Waals surface area (Å²) in [4.78, 5) is 0. The Morgan fingerprint density at radius 2 is 1.15 bits per heavy atom. The van der Waals surface area contributed by atoms with E-state index in [1.54, 1.807) is 24.3 Å². The fourth-order valence-electron chi connectivity index (χ4n) is 3.83. The summed E-state index contributed by atoms with van der Waals surface area (Å²) in [5.74, 6) is 0.502. The Labute approximate surface area is 159 Å². The molecule has 0 heterocycles. The second kappa shape index (κ2) is 6.48. The van der Waals surface area contributed by atoms with Gasteiger partial charge in [-0.3, -0.25) is 0 Å². The SMILES string of the molecule is Cc1cccc2ccc(C(C)(c3ccc(O)cc3)c3ccc(O)cc3)cc12. The Kier molecular flexibility index (Phi) is 4.12. The van der Waals surface area contributed by atoms with Crippen molar-refractivity contribution in [1.29, 1.82) is 0 Å². The summed E-state index contributed by atoms with van der Waals surface area (Å²) in [6.07, 6.45) is 0. The van der Waals surface area contributed by atoms with Gasteiger partial charge in [0.25, 0.3) is 0 Å². The second-order valence-electron chi connectivity index (χ2n) is 7.23. The molecule has 0 saturated carbocycles. The lowest BCUT2D eigenvalue weighted by Crippen LogP contribution is -2.25. The van der Waals surface area contributed by atoms with Gasteiger partial charge < -0.3 is 10.2 Å². The first-order valence-corrected chi connectivity index (χ1v) is 9.07. The third-order valence-corrected chi connectivity index (χ3v) is 5.57. The molecule has 4 aromatic carbocycles. The van der Waals surface area contributed by atoms with E-state index in [1.807, 2.05) is 24.3 Å². The Hall–Kier alpha value is -3.26. The molecule has 0 atom stereocenters. The van der Waals surface area contributed by atoms with E-state index in [-0.39, 0.29) is 11.5 Å². The molecule has 4 rings (SSSR count). The zero-order chi connectivity index (χ0) is 19.0. The topological polar surface area (TPSA) is 40.5 Å². The fraction of sp³-hybridized carbons (Fsp3) is 0.120. The number of benzene rings is 4. The van der Waals surface area contributed by atoms with Crippen LogP contribution in [0, 0.1) is 6.92 Å². The van der Waals surface area contributed by atoms with E-state index in [9.17, 15) is 10.2 Å². The zero-order valence-corrected chi connectivity index (χ0v) is 15.5. The predicted molar refractivity (Wildman–Crippen MR) is 110 cm³/mol. The van der Waals surface area contributed by atoms with Gasteiger partial charge in [-0.15, -0.1) is 0 Å². The van der Waals surface area contributed by atoms with Crippen molar-refractivity contribution in [2.75, 3.05) is 0 Å². The van der Waals surface area contributed by atoms with Crippen molar-refractivity contribution < 1.29 is 10.2 Å². The van der Waals surface area contributed by atoms with Gasteiger partial charge in [0.2, 0.25) is 0 Å². The normalized spacial score (nSPS) is 11.6. The number of phenols is 2. The van der Waals surface area contributed by atoms with Crippen LogP contribution in [0.4, 0.5) is 0 Å². The van der Waals surface area contributed by atoms with Crippen molar-refractivity contribution in [3.63, 3.8) is 0 Å². The molecule has 0 radical (unpaired) electrons. The molecule has 0 bridgehead atoms. The molecule has 0 aliphatic carbocycles. The van der Waals surface area contributed by atoms with Crippen LogP contribution in [0.1, 0.15) is 29.2 Å².